The molecule has 4 nitrogen and oxygen atoms in total. The van der Waals surface area contributed by atoms with Crippen molar-refractivity contribution >= 4 is 5.91 Å². The maximum Gasteiger partial charge on any atom is 0.257 e. The summed E-state index contributed by atoms with van der Waals surface area (Å²) in [6.07, 6.45) is 1.16. The summed E-state index contributed by atoms with van der Waals surface area (Å²) in [5.41, 5.74) is 5.77. The van der Waals surface area contributed by atoms with E-state index < -0.39 is 29.9 Å². The van der Waals surface area contributed by atoms with Gasteiger partial charge in [0.15, 0.2) is 24.0 Å². The summed E-state index contributed by atoms with van der Waals surface area (Å²) in [6, 6.07) is 2.32. The van der Waals surface area contributed by atoms with Crippen LogP contribution in [0.5, 0.6) is 5.75 Å². The minimum Gasteiger partial charge on any atom is -0.478 e. The lowest BCUT2D eigenvalue weighted by Crippen LogP contribution is -2.29. The molecule has 0 atom stereocenters. The Bertz CT molecular complexity index is 416. The number of carbonyl (C=O) groups is 1. The summed E-state index contributed by atoms with van der Waals surface area (Å²) in [5, 5.41) is 2.55. The molecule has 1 aromatic rings. The van der Waals surface area contributed by atoms with Gasteiger partial charge in [-0.25, -0.2) is 8.78 Å². The summed E-state index contributed by atoms with van der Waals surface area (Å²) in [5.74, 6) is -2.60. The molecule has 0 radical (unpaired) electrons. The first-order valence-corrected chi connectivity index (χ1v) is 6.16. The lowest BCUT2D eigenvalue weighted by molar-refractivity contribution is -0.123. The molecule has 1 amide bonds. The van der Waals surface area contributed by atoms with Crippen LogP contribution in [0.15, 0.2) is 12.1 Å². The largest absolute Gasteiger partial charge is 0.478 e. The van der Waals surface area contributed by atoms with Gasteiger partial charge < -0.3 is 15.8 Å². The number of nitrogens with two attached hydrogens (primary N) is 1. The van der Waals surface area contributed by atoms with E-state index >= 15 is 0 Å². The Morgan fingerprint density at radius 2 is 2.00 bits per heavy atom. The van der Waals surface area contributed by atoms with Crippen molar-refractivity contribution in [1.29, 1.82) is 0 Å². The SMILES string of the molecule is CCCNC(=O)COc1c(F)cc(CCN)cc1F. The Balaban J connectivity index is 2.65. The smallest absolute Gasteiger partial charge is 0.257 e. The zero-order valence-corrected chi connectivity index (χ0v) is 10.8. The van der Waals surface area contributed by atoms with E-state index in [4.69, 9.17) is 10.5 Å². The van der Waals surface area contributed by atoms with Gasteiger partial charge in [-0.3, -0.25) is 4.79 Å². The number of amides is 1. The summed E-state index contributed by atoms with van der Waals surface area (Å²) in [7, 11) is 0. The number of ether oxygens (including phenoxy) is 1. The second kappa shape index (κ2) is 7.68. The Morgan fingerprint density at radius 1 is 1.37 bits per heavy atom. The van der Waals surface area contributed by atoms with E-state index in [-0.39, 0.29) is 0 Å². The molecule has 0 aromatic heterocycles. The van der Waals surface area contributed by atoms with Crippen LogP contribution in [-0.2, 0) is 11.2 Å². The summed E-state index contributed by atoms with van der Waals surface area (Å²) >= 11 is 0. The molecule has 0 unspecified atom stereocenters. The first kappa shape index (κ1) is 15.4. The fraction of sp³-hybridized carbons (Fsp3) is 0.462. The van der Waals surface area contributed by atoms with Gasteiger partial charge in [-0.2, -0.15) is 0 Å². The van der Waals surface area contributed by atoms with Crippen LogP contribution in [0.3, 0.4) is 0 Å². The fourth-order valence-corrected chi connectivity index (χ4v) is 1.51. The average Bonchev–Trinajstić information content (AvgIpc) is 2.35. The van der Waals surface area contributed by atoms with Gasteiger partial charge >= 0.3 is 0 Å². The van der Waals surface area contributed by atoms with Crippen LogP contribution in [0.2, 0.25) is 0 Å². The van der Waals surface area contributed by atoms with Gasteiger partial charge in [-0.1, -0.05) is 6.92 Å². The van der Waals surface area contributed by atoms with E-state index in [2.05, 4.69) is 5.32 Å². The number of halogens is 2. The predicted octanol–water partition coefficient (Wildman–Crippen LogP) is 1.37. The van der Waals surface area contributed by atoms with Gasteiger partial charge in [0, 0.05) is 6.54 Å². The molecule has 0 saturated carbocycles. The predicted molar refractivity (Wildman–Crippen MR) is 67.9 cm³/mol. The quantitative estimate of drug-likeness (QED) is 0.788. The van der Waals surface area contributed by atoms with E-state index in [1.807, 2.05) is 6.92 Å². The van der Waals surface area contributed by atoms with Crippen molar-refractivity contribution in [3.63, 3.8) is 0 Å². The van der Waals surface area contributed by atoms with E-state index in [0.717, 1.165) is 18.6 Å². The van der Waals surface area contributed by atoms with Crippen LogP contribution < -0.4 is 15.8 Å². The third kappa shape index (κ3) is 4.82. The molecule has 3 N–H and O–H groups in total. The second-order valence-electron chi connectivity index (χ2n) is 4.07. The maximum absolute atomic E-state index is 13.6. The zero-order valence-electron chi connectivity index (χ0n) is 10.8. The normalized spacial score (nSPS) is 10.3. The highest BCUT2D eigenvalue weighted by Gasteiger charge is 2.14. The molecule has 0 aliphatic rings. The van der Waals surface area contributed by atoms with Gasteiger partial charge in [0.25, 0.3) is 5.91 Å². The highest BCUT2D eigenvalue weighted by molar-refractivity contribution is 5.77. The van der Waals surface area contributed by atoms with E-state index in [1.54, 1.807) is 0 Å². The van der Waals surface area contributed by atoms with Gasteiger partial charge in [0.05, 0.1) is 0 Å². The Kier molecular flexibility index (Phi) is 6.21. The van der Waals surface area contributed by atoms with Gasteiger partial charge in [0.1, 0.15) is 0 Å². The molecule has 19 heavy (non-hydrogen) atoms. The standard InChI is InChI=1S/C13H18F2N2O2/c1-2-5-17-12(18)8-19-13-10(14)6-9(3-4-16)7-11(13)15/h6-7H,2-5,8,16H2,1H3,(H,17,18). The Hall–Kier alpha value is -1.69. The number of hydrogen-bond acceptors (Lipinski definition) is 3. The summed E-state index contributed by atoms with van der Waals surface area (Å²) in [4.78, 5) is 11.3. The van der Waals surface area contributed by atoms with Crippen molar-refractivity contribution < 1.29 is 18.3 Å². The zero-order chi connectivity index (χ0) is 14.3. The first-order valence-electron chi connectivity index (χ1n) is 6.16. The van der Waals surface area contributed by atoms with E-state index in [9.17, 15) is 13.6 Å². The van der Waals surface area contributed by atoms with E-state index in [1.165, 1.54) is 0 Å². The van der Waals surface area contributed by atoms with Crippen LogP contribution in [0.4, 0.5) is 8.78 Å². The number of hydrogen-bond donors (Lipinski definition) is 2. The minimum atomic E-state index is -0.827. The van der Waals surface area contributed by atoms with Crippen molar-refractivity contribution in [3.05, 3.63) is 29.3 Å². The molecular weight excluding hydrogens is 254 g/mol. The van der Waals surface area contributed by atoms with Gasteiger partial charge in [0.2, 0.25) is 0 Å². The molecule has 0 fully saturated rings. The fourth-order valence-electron chi connectivity index (χ4n) is 1.51. The van der Waals surface area contributed by atoms with Crippen LogP contribution in [0, 0.1) is 11.6 Å². The van der Waals surface area contributed by atoms with Crippen molar-refractivity contribution in [1.82, 2.24) is 5.32 Å². The maximum atomic E-state index is 13.6. The Labute approximate surface area is 110 Å². The first-order chi connectivity index (χ1) is 9.08. The molecule has 106 valence electrons. The molecule has 0 saturated heterocycles. The topological polar surface area (TPSA) is 64.3 Å². The Morgan fingerprint density at radius 3 is 2.53 bits per heavy atom. The number of carbonyl (C=O) groups excluding carboxylic acids is 1. The molecule has 0 bridgehead atoms. The van der Waals surface area contributed by atoms with E-state index in [0.29, 0.717) is 25.1 Å². The highest BCUT2D eigenvalue weighted by atomic mass is 19.1. The van der Waals surface area contributed by atoms with Crippen molar-refractivity contribution in [2.45, 2.75) is 19.8 Å². The average molecular weight is 272 g/mol. The lowest BCUT2D eigenvalue weighted by atomic mass is 10.1. The number of benzene rings is 1. The van der Waals surface area contributed by atoms with Gasteiger partial charge in [-0.05, 0) is 37.1 Å². The molecule has 1 aromatic carbocycles. The highest BCUT2D eigenvalue weighted by Crippen LogP contribution is 2.23. The van der Waals surface area contributed by atoms with Crippen molar-refractivity contribution in [3.8, 4) is 5.75 Å². The van der Waals surface area contributed by atoms with Crippen molar-refractivity contribution in [2.75, 3.05) is 19.7 Å². The van der Waals surface area contributed by atoms with Gasteiger partial charge in [-0.15, -0.1) is 0 Å². The molecule has 0 aliphatic carbocycles. The number of rotatable bonds is 7. The molecule has 0 aliphatic heterocycles. The van der Waals surface area contributed by atoms with Crippen LogP contribution in [-0.4, -0.2) is 25.6 Å². The number of nitrogens with one attached hydrogen (secondary N) is 1. The van der Waals surface area contributed by atoms with Crippen LogP contribution in [0.25, 0.3) is 0 Å². The lowest BCUT2D eigenvalue weighted by Gasteiger charge is -2.10. The molecule has 0 heterocycles. The molecule has 6 heteroatoms. The monoisotopic (exact) mass is 272 g/mol. The molecular formula is C13H18F2N2O2. The van der Waals surface area contributed by atoms with Crippen LogP contribution in [0.1, 0.15) is 18.9 Å². The van der Waals surface area contributed by atoms with Crippen molar-refractivity contribution in [2.24, 2.45) is 5.73 Å². The third-order valence-corrected chi connectivity index (χ3v) is 2.41. The molecule has 1 rings (SSSR count). The summed E-state index contributed by atoms with van der Waals surface area (Å²) < 4.78 is 32.1. The third-order valence-electron chi connectivity index (χ3n) is 2.41. The minimum absolute atomic E-state index is 0.304. The van der Waals surface area contributed by atoms with Crippen LogP contribution >= 0.6 is 0 Å². The second-order valence-corrected chi connectivity index (χ2v) is 4.07. The molecule has 0 spiro atoms. The summed E-state index contributed by atoms with van der Waals surface area (Å²) in [6.45, 7) is 2.29.